The Bertz CT molecular complexity index is 293. The summed E-state index contributed by atoms with van der Waals surface area (Å²) in [5.74, 6) is -0.282. The number of carbonyl (C=O) groups is 1. The molecule has 0 radical (unpaired) electrons. The van der Waals surface area contributed by atoms with E-state index in [0.29, 0.717) is 17.2 Å². The van der Waals surface area contributed by atoms with Crippen molar-refractivity contribution >= 4 is 17.6 Å². The van der Waals surface area contributed by atoms with Crippen LogP contribution in [0.4, 0.5) is 0 Å². The molecule has 1 aromatic carbocycles. The van der Waals surface area contributed by atoms with Gasteiger partial charge in [-0.05, 0) is 30.7 Å². The third-order valence-corrected chi connectivity index (χ3v) is 2.06. The summed E-state index contributed by atoms with van der Waals surface area (Å²) in [7, 11) is 0. The molecule has 0 unspecified atom stereocenters. The van der Waals surface area contributed by atoms with Gasteiger partial charge in [-0.25, -0.2) is 4.79 Å². The number of rotatable bonds is 4. The minimum absolute atomic E-state index is 0.282. The van der Waals surface area contributed by atoms with E-state index in [1.807, 2.05) is 0 Å². The first kappa shape index (κ1) is 11.1. The van der Waals surface area contributed by atoms with E-state index in [9.17, 15) is 4.79 Å². The van der Waals surface area contributed by atoms with E-state index in [1.165, 1.54) is 0 Å². The summed E-state index contributed by atoms with van der Waals surface area (Å²) in [6, 6.07) is 6.68. The quantitative estimate of drug-likeness (QED) is 0.566. The Morgan fingerprint density at radius 2 is 2.00 bits per heavy atom. The summed E-state index contributed by atoms with van der Waals surface area (Å²) < 4.78 is 5.03. The van der Waals surface area contributed by atoms with E-state index in [0.717, 1.165) is 12.8 Å². The maximum Gasteiger partial charge on any atom is 0.338 e. The summed E-state index contributed by atoms with van der Waals surface area (Å²) in [4.78, 5) is 11.4. The van der Waals surface area contributed by atoms with Gasteiger partial charge in [0.2, 0.25) is 0 Å². The minimum Gasteiger partial charge on any atom is -0.462 e. The van der Waals surface area contributed by atoms with Crippen LogP contribution in [0, 0.1) is 0 Å². The van der Waals surface area contributed by atoms with E-state index in [-0.39, 0.29) is 5.97 Å². The molecule has 0 bridgehead atoms. The highest BCUT2D eigenvalue weighted by atomic mass is 35.5. The third-order valence-electron chi connectivity index (χ3n) is 1.81. The van der Waals surface area contributed by atoms with Crippen LogP contribution in [-0.2, 0) is 4.74 Å². The number of carbonyl (C=O) groups excluding carboxylic acids is 1. The monoisotopic (exact) mass is 212 g/mol. The molecule has 0 saturated heterocycles. The Hall–Kier alpha value is -1.02. The van der Waals surface area contributed by atoms with Gasteiger partial charge in [0.05, 0.1) is 12.2 Å². The van der Waals surface area contributed by atoms with Crippen LogP contribution >= 0.6 is 11.6 Å². The highest BCUT2D eigenvalue weighted by Gasteiger charge is 2.05. The number of hydrogen-bond acceptors (Lipinski definition) is 2. The van der Waals surface area contributed by atoms with Crippen molar-refractivity contribution < 1.29 is 9.53 Å². The Morgan fingerprint density at radius 3 is 2.57 bits per heavy atom. The third kappa shape index (κ3) is 3.38. The molecule has 0 N–H and O–H groups in total. The standard InChI is InChI=1S/C11H13ClO2/c1-2-3-8-14-11(13)9-4-6-10(12)7-5-9/h4-7H,2-3,8H2,1H3. The van der Waals surface area contributed by atoms with Gasteiger partial charge in [-0.1, -0.05) is 24.9 Å². The zero-order chi connectivity index (χ0) is 10.4. The predicted octanol–water partition coefficient (Wildman–Crippen LogP) is 3.30. The van der Waals surface area contributed by atoms with Crippen molar-refractivity contribution in [1.82, 2.24) is 0 Å². The van der Waals surface area contributed by atoms with Crippen molar-refractivity contribution in [3.63, 3.8) is 0 Å². The van der Waals surface area contributed by atoms with Gasteiger partial charge in [-0.2, -0.15) is 0 Å². The number of unbranched alkanes of at least 4 members (excludes halogenated alkanes) is 1. The molecule has 1 aromatic rings. The van der Waals surface area contributed by atoms with Gasteiger partial charge in [0.1, 0.15) is 0 Å². The Balaban J connectivity index is 2.48. The molecule has 3 heteroatoms. The minimum atomic E-state index is -0.282. The highest BCUT2D eigenvalue weighted by Crippen LogP contribution is 2.10. The molecule has 76 valence electrons. The normalized spacial score (nSPS) is 9.86. The zero-order valence-corrected chi connectivity index (χ0v) is 8.88. The Labute approximate surface area is 88.8 Å². The molecule has 0 aliphatic carbocycles. The Kier molecular flexibility index (Phi) is 4.47. The van der Waals surface area contributed by atoms with Crippen molar-refractivity contribution in [2.75, 3.05) is 6.61 Å². The topological polar surface area (TPSA) is 26.3 Å². The van der Waals surface area contributed by atoms with Gasteiger partial charge in [0.15, 0.2) is 0 Å². The van der Waals surface area contributed by atoms with E-state index < -0.39 is 0 Å². The van der Waals surface area contributed by atoms with E-state index >= 15 is 0 Å². The summed E-state index contributed by atoms with van der Waals surface area (Å²) in [6.07, 6.45) is 1.92. The van der Waals surface area contributed by atoms with Crippen LogP contribution in [0.5, 0.6) is 0 Å². The average molecular weight is 213 g/mol. The predicted molar refractivity (Wildman–Crippen MR) is 56.6 cm³/mol. The maximum atomic E-state index is 11.4. The molecule has 0 amide bonds. The molecule has 1 rings (SSSR count). The first-order valence-electron chi connectivity index (χ1n) is 4.66. The van der Waals surface area contributed by atoms with E-state index in [4.69, 9.17) is 16.3 Å². The van der Waals surface area contributed by atoms with E-state index in [2.05, 4.69) is 6.92 Å². The lowest BCUT2D eigenvalue weighted by atomic mass is 10.2. The number of benzene rings is 1. The molecule has 0 atom stereocenters. The van der Waals surface area contributed by atoms with Crippen LogP contribution in [0.3, 0.4) is 0 Å². The van der Waals surface area contributed by atoms with Crippen molar-refractivity contribution in [1.29, 1.82) is 0 Å². The van der Waals surface area contributed by atoms with Crippen molar-refractivity contribution in [2.24, 2.45) is 0 Å². The fourth-order valence-corrected chi connectivity index (χ4v) is 1.10. The Morgan fingerprint density at radius 1 is 1.36 bits per heavy atom. The molecule has 0 aliphatic heterocycles. The molecule has 2 nitrogen and oxygen atoms in total. The van der Waals surface area contributed by atoms with Crippen LogP contribution in [-0.4, -0.2) is 12.6 Å². The maximum absolute atomic E-state index is 11.4. The SMILES string of the molecule is CCCCOC(=O)c1ccc(Cl)cc1. The summed E-state index contributed by atoms with van der Waals surface area (Å²) in [5.41, 5.74) is 0.547. The summed E-state index contributed by atoms with van der Waals surface area (Å²) >= 11 is 5.69. The molecule has 0 heterocycles. The lowest BCUT2D eigenvalue weighted by molar-refractivity contribution is 0.0500. The second-order valence-electron chi connectivity index (χ2n) is 3.00. The lowest BCUT2D eigenvalue weighted by Crippen LogP contribution is -2.05. The van der Waals surface area contributed by atoms with Gasteiger partial charge in [0.25, 0.3) is 0 Å². The largest absolute Gasteiger partial charge is 0.462 e. The second-order valence-corrected chi connectivity index (χ2v) is 3.43. The number of hydrogen-bond donors (Lipinski definition) is 0. The summed E-state index contributed by atoms with van der Waals surface area (Å²) in [5, 5.41) is 0.620. The van der Waals surface area contributed by atoms with Gasteiger partial charge < -0.3 is 4.74 Å². The van der Waals surface area contributed by atoms with Crippen LogP contribution in [0.1, 0.15) is 30.1 Å². The van der Waals surface area contributed by atoms with Gasteiger partial charge in [-0.3, -0.25) is 0 Å². The van der Waals surface area contributed by atoms with Crippen molar-refractivity contribution in [3.8, 4) is 0 Å². The van der Waals surface area contributed by atoms with Crippen LogP contribution in [0.15, 0.2) is 24.3 Å². The molecular formula is C11H13ClO2. The highest BCUT2D eigenvalue weighted by molar-refractivity contribution is 6.30. The molecule has 0 aliphatic rings. The summed E-state index contributed by atoms with van der Waals surface area (Å²) in [6.45, 7) is 2.54. The van der Waals surface area contributed by atoms with Crippen LogP contribution in [0.25, 0.3) is 0 Å². The number of ether oxygens (including phenoxy) is 1. The smallest absolute Gasteiger partial charge is 0.338 e. The first-order chi connectivity index (χ1) is 6.74. The first-order valence-corrected chi connectivity index (χ1v) is 5.04. The van der Waals surface area contributed by atoms with E-state index in [1.54, 1.807) is 24.3 Å². The fourth-order valence-electron chi connectivity index (χ4n) is 0.979. The molecular weight excluding hydrogens is 200 g/mol. The van der Waals surface area contributed by atoms with Crippen molar-refractivity contribution in [2.45, 2.75) is 19.8 Å². The van der Waals surface area contributed by atoms with Gasteiger partial charge in [-0.15, -0.1) is 0 Å². The lowest BCUT2D eigenvalue weighted by Gasteiger charge is -2.03. The zero-order valence-electron chi connectivity index (χ0n) is 8.13. The average Bonchev–Trinajstić information content (AvgIpc) is 2.19. The number of esters is 1. The molecule has 0 saturated carbocycles. The molecule has 0 spiro atoms. The van der Waals surface area contributed by atoms with Gasteiger partial charge in [0, 0.05) is 5.02 Å². The van der Waals surface area contributed by atoms with Gasteiger partial charge >= 0.3 is 5.97 Å². The fraction of sp³-hybridized carbons (Fsp3) is 0.364. The van der Waals surface area contributed by atoms with Crippen molar-refractivity contribution in [3.05, 3.63) is 34.9 Å². The second kappa shape index (κ2) is 5.66. The molecule has 14 heavy (non-hydrogen) atoms. The van der Waals surface area contributed by atoms with Crippen LogP contribution < -0.4 is 0 Å². The van der Waals surface area contributed by atoms with Crippen LogP contribution in [0.2, 0.25) is 5.02 Å². The number of halogens is 1. The molecule has 0 aromatic heterocycles. The molecule has 0 fully saturated rings.